The molecule has 4 N–H and O–H groups in total. The van der Waals surface area contributed by atoms with E-state index in [1.54, 1.807) is 19.2 Å². The number of carbonyl (C=O) groups is 1. The molecule has 0 unspecified atom stereocenters. The second-order valence-corrected chi connectivity index (χ2v) is 7.75. The fourth-order valence-electron chi connectivity index (χ4n) is 2.78. The topological polar surface area (TPSA) is 79.5 Å². The van der Waals surface area contributed by atoms with Gasteiger partial charge in [-0.2, -0.15) is 0 Å². The van der Waals surface area contributed by atoms with E-state index in [4.69, 9.17) is 17.3 Å². The number of nitrogens with two attached hydrogens (primary N) is 1. The summed E-state index contributed by atoms with van der Waals surface area (Å²) in [4.78, 5) is 15.4. The van der Waals surface area contributed by atoms with Gasteiger partial charge in [-0.05, 0) is 47.2 Å². The molecule has 0 atom stereocenters. The van der Waals surface area contributed by atoms with Crippen molar-refractivity contribution in [2.75, 3.05) is 13.6 Å². The number of aliphatic imine (C=N–C) groups is 1. The van der Waals surface area contributed by atoms with Crippen LogP contribution in [0, 0.1) is 5.41 Å². The van der Waals surface area contributed by atoms with Crippen molar-refractivity contribution in [2.45, 2.75) is 26.8 Å². The number of hydrogen-bond donors (Lipinski definition) is 3. The van der Waals surface area contributed by atoms with Crippen molar-refractivity contribution in [3.05, 3.63) is 70.2 Å². The number of nitrogens with one attached hydrogen (secondary N) is 2. The third kappa shape index (κ3) is 6.94. The maximum atomic E-state index is 11.1. The predicted octanol–water partition coefficient (Wildman–Crippen LogP) is 3.37. The first-order valence-electron chi connectivity index (χ1n) is 8.87. The molecule has 2 rings (SSSR count). The highest BCUT2D eigenvalue weighted by Crippen LogP contribution is 2.22. The van der Waals surface area contributed by atoms with Gasteiger partial charge in [-0.3, -0.25) is 9.79 Å². The molecule has 0 aliphatic rings. The van der Waals surface area contributed by atoms with Crippen LogP contribution < -0.4 is 16.4 Å². The molecule has 0 aromatic heterocycles. The Kier molecular flexibility index (Phi) is 7.25. The Balaban J connectivity index is 1.86. The molecule has 27 heavy (non-hydrogen) atoms. The molecule has 0 saturated carbocycles. The summed E-state index contributed by atoms with van der Waals surface area (Å²) < 4.78 is 0. The van der Waals surface area contributed by atoms with Gasteiger partial charge >= 0.3 is 0 Å². The van der Waals surface area contributed by atoms with Crippen molar-refractivity contribution in [3.8, 4) is 0 Å². The first-order valence-corrected chi connectivity index (χ1v) is 9.24. The van der Waals surface area contributed by atoms with Crippen LogP contribution in [0.25, 0.3) is 0 Å². The largest absolute Gasteiger partial charge is 0.366 e. The average Bonchev–Trinajstić information content (AvgIpc) is 2.62. The normalized spacial score (nSPS) is 11.9. The molecular weight excluding hydrogens is 360 g/mol. The Labute approximate surface area is 166 Å². The van der Waals surface area contributed by atoms with E-state index in [2.05, 4.69) is 35.5 Å². The van der Waals surface area contributed by atoms with Crippen LogP contribution in [0.2, 0.25) is 5.02 Å². The Morgan fingerprint density at radius 2 is 1.81 bits per heavy atom. The van der Waals surface area contributed by atoms with Gasteiger partial charge in [-0.25, -0.2) is 0 Å². The van der Waals surface area contributed by atoms with Crippen LogP contribution >= 0.6 is 11.6 Å². The van der Waals surface area contributed by atoms with Gasteiger partial charge < -0.3 is 16.4 Å². The number of primary amides is 1. The zero-order valence-electron chi connectivity index (χ0n) is 16.1. The average molecular weight is 387 g/mol. The van der Waals surface area contributed by atoms with Crippen LogP contribution in [0.3, 0.4) is 0 Å². The Hall–Kier alpha value is -2.53. The van der Waals surface area contributed by atoms with Crippen molar-refractivity contribution in [3.63, 3.8) is 0 Å². The van der Waals surface area contributed by atoms with Crippen molar-refractivity contribution in [1.29, 1.82) is 0 Å². The third-order valence-corrected chi connectivity index (χ3v) is 4.46. The molecule has 0 aliphatic carbocycles. The van der Waals surface area contributed by atoms with Gasteiger partial charge in [0.05, 0.1) is 0 Å². The van der Waals surface area contributed by atoms with E-state index >= 15 is 0 Å². The van der Waals surface area contributed by atoms with Gasteiger partial charge in [0.1, 0.15) is 0 Å². The molecule has 0 saturated heterocycles. The highest BCUT2D eigenvalue weighted by atomic mass is 35.5. The Bertz CT molecular complexity index is 800. The van der Waals surface area contributed by atoms with Gasteiger partial charge in [0, 0.05) is 30.7 Å². The zero-order chi connectivity index (χ0) is 19.9. The summed E-state index contributed by atoms with van der Waals surface area (Å²) in [6.45, 7) is 5.78. The minimum atomic E-state index is -0.422. The lowest BCUT2D eigenvalue weighted by Crippen LogP contribution is -2.42. The fourth-order valence-corrected chi connectivity index (χ4v) is 2.99. The molecule has 5 nitrogen and oxygen atoms in total. The van der Waals surface area contributed by atoms with E-state index in [1.165, 1.54) is 5.56 Å². The maximum Gasteiger partial charge on any atom is 0.248 e. The van der Waals surface area contributed by atoms with Crippen LogP contribution in [0.5, 0.6) is 0 Å². The Morgan fingerprint density at radius 3 is 2.41 bits per heavy atom. The standard InChI is InChI=1S/C21H27ClN4O/c1-21(2,12-16-5-4-6-18(22)11-16)14-26-20(24-3)25-13-15-7-9-17(10-8-15)19(23)27/h4-11H,12-14H2,1-3H3,(H2,23,27)(H2,24,25,26). The molecule has 0 heterocycles. The van der Waals surface area contributed by atoms with Gasteiger partial charge in [0.25, 0.3) is 0 Å². The van der Waals surface area contributed by atoms with Crippen LogP contribution in [0.1, 0.15) is 35.3 Å². The molecule has 0 bridgehead atoms. The summed E-state index contributed by atoms with van der Waals surface area (Å²) in [6, 6.07) is 15.2. The van der Waals surface area contributed by atoms with Crippen LogP contribution in [-0.4, -0.2) is 25.5 Å². The van der Waals surface area contributed by atoms with Crippen LogP contribution in [0.15, 0.2) is 53.5 Å². The quantitative estimate of drug-likeness (QED) is 0.504. The summed E-state index contributed by atoms with van der Waals surface area (Å²) in [6.07, 6.45) is 0.909. The molecule has 1 amide bonds. The second kappa shape index (κ2) is 9.42. The number of benzene rings is 2. The lowest BCUT2D eigenvalue weighted by Gasteiger charge is -2.26. The van der Waals surface area contributed by atoms with Gasteiger partial charge in [-0.15, -0.1) is 0 Å². The highest BCUT2D eigenvalue weighted by Gasteiger charge is 2.19. The molecule has 6 heteroatoms. The van der Waals surface area contributed by atoms with Gasteiger partial charge in [0.2, 0.25) is 5.91 Å². The molecule has 0 spiro atoms. The monoisotopic (exact) mass is 386 g/mol. The summed E-state index contributed by atoms with van der Waals surface area (Å²) >= 11 is 6.08. The number of amides is 1. The van der Waals surface area contributed by atoms with Crippen molar-refractivity contribution < 1.29 is 4.79 Å². The SMILES string of the molecule is CN=C(NCc1ccc(C(N)=O)cc1)NCC(C)(C)Cc1cccc(Cl)c1. The first kappa shape index (κ1) is 20.8. The smallest absolute Gasteiger partial charge is 0.248 e. The van der Waals surface area contributed by atoms with Crippen LogP contribution in [-0.2, 0) is 13.0 Å². The molecule has 2 aromatic rings. The number of halogens is 1. The van der Waals surface area contributed by atoms with E-state index in [0.717, 1.165) is 29.5 Å². The summed E-state index contributed by atoms with van der Waals surface area (Å²) in [7, 11) is 1.75. The van der Waals surface area contributed by atoms with Crippen molar-refractivity contribution in [2.24, 2.45) is 16.1 Å². The number of carbonyl (C=O) groups excluding carboxylic acids is 1. The first-order chi connectivity index (χ1) is 12.8. The molecule has 144 valence electrons. The van der Waals surface area contributed by atoms with E-state index in [9.17, 15) is 4.79 Å². The number of hydrogen-bond acceptors (Lipinski definition) is 2. The van der Waals surface area contributed by atoms with E-state index in [-0.39, 0.29) is 5.41 Å². The minimum absolute atomic E-state index is 0.0332. The van der Waals surface area contributed by atoms with Crippen molar-refractivity contribution >= 4 is 23.5 Å². The zero-order valence-corrected chi connectivity index (χ0v) is 16.8. The van der Waals surface area contributed by atoms with Gasteiger partial charge in [-0.1, -0.05) is 49.7 Å². The lowest BCUT2D eigenvalue weighted by molar-refractivity contribution is 0.100. The molecule has 0 radical (unpaired) electrons. The summed E-state index contributed by atoms with van der Waals surface area (Å²) in [5, 5.41) is 7.42. The van der Waals surface area contributed by atoms with Crippen molar-refractivity contribution in [1.82, 2.24) is 10.6 Å². The van der Waals surface area contributed by atoms with Gasteiger partial charge in [0.15, 0.2) is 5.96 Å². The number of rotatable bonds is 7. The highest BCUT2D eigenvalue weighted by molar-refractivity contribution is 6.30. The summed E-state index contributed by atoms with van der Waals surface area (Å²) in [5.74, 6) is 0.307. The molecule has 0 fully saturated rings. The van der Waals surface area contributed by atoms with E-state index in [1.807, 2.05) is 30.3 Å². The molecular formula is C21H27ClN4O. The maximum absolute atomic E-state index is 11.1. The number of nitrogens with zero attached hydrogens (tertiary/aromatic N) is 1. The Morgan fingerprint density at radius 1 is 1.11 bits per heavy atom. The molecule has 0 aliphatic heterocycles. The van der Waals surface area contributed by atoms with E-state index < -0.39 is 5.91 Å². The second-order valence-electron chi connectivity index (χ2n) is 7.31. The third-order valence-electron chi connectivity index (χ3n) is 4.23. The predicted molar refractivity (Wildman–Crippen MR) is 112 cm³/mol. The van der Waals surface area contributed by atoms with E-state index in [0.29, 0.717) is 12.1 Å². The van der Waals surface area contributed by atoms with Crippen LogP contribution in [0.4, 0.5) is 0 Å². The lowest BCUT2D eigenvalue weighted by atomic mass is 9.86. The fraction of sp³-hybridized carbons (Fsp3) is 0.333. The molecule has 2 aromatic carbocycles. The summed E-state index contributed by atoms with van der Waals surface area (Å²) in [5.41, 5.74) is 8.05. The number of guanidine groups is 1. The minimum Gasteiger partial charge on any atom is -0.366 e.